The van der Waals surface area contributed by atoms with Crippen molar-refractivity contribution in [2.24, 2.45) is 17.3 Å². The van der Waals surface area contributed by atoms with Crippen molar-refractivity contribution in [3.63, 3.8) is 0 Å². The van der Waals surface area contributed by atoms with Crippen LogP contribution in [0.25, 0.3) is 0 Å². The van der Waals surface area contributed by atoms with Gasteiger partial charge in [0.25, 0.3) is 0 Å². The van der Waals surface area contributed by atoms with Gasteiger partial charge in [-0.1, -0.05) is 37.0 Å². The Hall–Kier alpha value is -2.82. The molecule has 0 atom stereocenters. The lowest BCUT2D eigenvalue weighted by Gasteiger charge is -2.42. The first-order chi connectivity index (χ1) is 18.5. The fourth-order valence-corrected chi connectivity index (χ4v) is 6.35. The first-order valence-electron chi connectivity index (χ1n) is 14.2. The summed E-state index contributed by atoms with van der Waals surface area (Å²) >= 11 is 1.15. The summed E-state index contributed by atoms with van der Waals surface area (Å²) in [5.74, 6) is 6.74. The molecule has 0 bridgehead atoms. The summed E-state index contributed by atoms with van der Waals surface area (Å²) in [5, 5.41) is 13.8. The van der Waals surface area contributed by atoms with Gasteiger partial charge >= 0.3 is 5.97 Å². The molecular weight excluding hydrogens is 508 g/mol. The van der Waals surface area contributed by atoms with Crippen LogP contribution in [0.1, 0.15) is 93.6 Å². The third-order valence-electron chi connectivity index (χ3n) is 7.80. The van der Waals surface area contributed by atoms with Crippen LogP contribution in [0.4, 0.5) is 5.69 Å². The van der Waals surface area contributed by atoms with Gasteiger partial charge < -0.3 is 9.84 Å². The van der Waals surface area contributed by atoms with Crippen molar-refractivity contribution in [2.45, 2.75) is 91.2 Å². The largest absolute Gasteiger partial charge is 0.490 e. The molecule has 1 aromatic heterocycles. The van der Waals surface area contributed by atoms with E-state index in [1.165, 1.54) is 0 Å². The van der Waals surface area contributed by atoms with E-state index >= 15 is 0 Å². The fourth-order valence-electron chi connectivity index (χ4n) is 5.52. The Morgan fingerprint density at radius 1 is 1.00 bits per heavy atom. The number of para-hydroxylation sites is 1. The second-order valence-electron chi connectivity index (χ2n) is 12.2. The van der Waals surface area contributed by atoms with E-state index in [0.717, 1.165) is 68.5 Å². The van der Waals surface area contributed by atoms with E-state index in [0.29, 0.717) is 16.5 Å². The van der Waals surface area contributed by atoms with Gasteiger partial charge in [0.2, 0.25) is 5.91 Å². The molecule has 1 amide bonds. The van der Waals surface area contributed by atoms with Crippen molar-refractivity contribution in [3.8, 4) is 17.6 Å². The molecule has 210 valence electrons. The Morgan fingerprint density at radius 2 is 1.64 bits per heavy atom. The summed E-state index contributed by atoms with van der Waals surface area (Å²) in [5.41, 5.74) is 0.235. The summed E-state index contributed by atoms with van der Waals surface area (Å²) in [6, 6.07) is 11.8. The van der Waals surface area contributed by atoms with E-state index in [2.05, 4.69) is 18.8 Å². The molecule has 7 heteroatoms. The highest BCUT2D eigenvalue weighted by Gasteiger charge is 2.37. The van der Waals surface area contributed by atoms with Gasteiger partial charge in [-0.3, -0.25) is 4.79 Å². The monoisotopic (exact) mass is 550 g/mol. The number of benzene rings is 1. The zero-order valence-electron chi connectivity index (χ0n) is 23.9. The van der Waals surface area contributed by atoms with Crippen molar-refractivity contribution in [1.29, 1.82) is 0 Å². The number of rotatable bonds is 7. The number of anilines is 1. The minimum atomic E-state index is -1.03. The van der Waals surface area contributed by atoms with Crippen LogP contribution in [0.2, 0.25) is 0 Å². The van der Waals surface area contributed by atoms with Crippen LogP contribution >= 0.6 is 11.3 Å². The molecule has 1 aromatic carbocycles. The van der Waals surface area contributed by atoms with Crippen molar-refractivity contribution < 1.29 is 19.4 Å². The zero-order valence-corrected chi connectivity index (χ0v) is 24.7. The molecule has 0 unspecified atom stereocenters. The number of amides is 1. The lowest BCUT2D eigenvalue weighted by Crippen LogP contribution is -2.53. The molecule has 0 aliphatic heterocycles. The van der Waals surface area contributed by atoms with Crippen molar-refractivity contribution in [2.75, 3.05) is 12.1 Å². The molecule has 4 rings (SSSR count). The number of carbonyl (C=O) groups excluding carboxylic acids is 1. The zero-order chi connectivity index (χ0) is 28.2. The number of nitrogens with zero attached hydrogens (tertiary/aromatic N) is 2. The number of hydrogen-bond acceptors (Lipinski definition) is 5. The van der Waals surface area contributed by atoms with Crippen LogP contribution in [-0.4, -0.2) is 41.2 Å². The third-order valence-corrected chi connectivity index (χ3v) is 8.83. The SMILES string of the molecule is CC1CCC(C(=O)N(c2cc(C#CC(C)(C)C)sc2C(=O)O)N(C)[C@H]2CC[C@@H](Oc3ccccc3)CC2)CC1. The molecule has 0 radical (unpaired) electrons. The van der Waals surface area contributed by atoms with Gasteiger partial charge in [0.15, 0.2) is 0 Å². The average Bonchev–Trinajstić information content (AvgIpc) is 3.33. The predicted molar refractivity (Wildman–Crippen MR) is 157 cm³/mol. The molecule has 1 N–H and O–H groups in total. The highest BCUT2D eigenvalue weighted by Crippen LogP contribution is 2.38. The van der Waals surface area contributed by atoms with Crippen LogP contribution in [0.5, 0.6) is 5.75 Å². The first kappa shape index (κ1) is 29.2. The van der Waals surface area contributed by atoms with Gasteiger partial charge in [-0.2, -0.15) is 0 Å². The summed E-state index contributed by atoms with van der Waals surface area (Å²) in [4.78, 5) is 27.4. The molecule has 39 heavy (non-hydrogen) atoms. The predicted octanol–water partition coefficient (Wildman–Crippen LogP) is 7.24. The summed E-state index contributed by atoms with van der Waals surface area (Å²) in [6.07, 6.45) is 7.34. The number of hydrogen-bond donors (Lipinski definition) is 1. The summed E-state index contributed by atoms with van der Waals surface area (Å²) < 4.78 is 6.20. The highest BCUT2D eigenvalue weighted by molar-refractivity contribution is 7.15. The average molecular weight is 551 g/mol. The molecule has 6 nitrogen and oxygen atoms in total. The summed E-state index contributed by atoms with van der Waals surface area (Å²) in [7, 11) is 1.94. The Kier molecular flexibility index (Phi) is 9.40. The van der Waals surface area contributed by atoms with Gasteiger partial charge in [0, 0.05) is 24.4 Å². The minimum Gasteiger partial charge on any atom is -0.490 e. The Labute approximate surface area is 237 Å². The molecule has 2 aromatic rings. The Bertz CT molecular complexity index is 1190. The van der Waals surface area contributed by atoms with Crippen LogP contribution in [0, 0.1) is 29.1 Å². The number of aromatic carboxylic acids is 1. The summed E-state index contributed by atoms with van der Waals surface area (Å²) in [6.45, 7) is 8.32. The second kappa shape index (κ2) is 12.6. The van der Waals surface area contributed by atoms with E-state index in [-0.39, 0.29) is 34.3 Å². The number of ether oxygens (including phenoxy) is 1. The molecule has 0 spiro atoms. The highest BCUT2D eigenvalue weighted by atomic mass is 32.1. The molecule has 1 heterocycles. The topological polar surface area (TPSA) is 70.1 Å². The Morgan fingerprint density at radius 3 is 2.23 bits per heavy atom. The van der Waals surface area contributed by atoms with Crippen LogP contribution in [-0.2, 0) is 4.79 Å². The molecular formula is C32H42N2O4S. The number of thiophene rings is 1. The standard InChI is InChI=1S/C32H42N2O4S/c1-22-11-13-23(14-12-22)30(35)34(28-21-27(19-20-32(2,3)4)39-29(28)31(36)37)33(5)24-15-17-26(18-16-24)38-25-9-7-6-8-10-25/h6-10,21-24,26H,11-18H2,1-5H3,(H,36,37)/t22?,23?,24-,26+. The third kappa shape index (κ3) is 7.64. The van der Waals surface area contributed by atoms with Crippen molar-refractivity contribution in [3.05, 3.63) is 46.2 Å². The molecule has 0 saturated heterocycles. The number of carboxylic acid groups (broad SMARTS) is 1. The maximum atomic E-state index is 14.1. The smallest absolute Gasteiger partial charge is 0.348 e. The molecule has 2 fully saturated rings. The van der Waals surface area contributed by atoms with Gasteiger partial charge in [0.05, 0.1) is 16.7 Å². The number of carbonyl (C=O) groups is 2. The van der Waals surface area contributed by atoms with Crippen molar-refractivity contribution in [1.82, 2.24) is 5.01 Å². The van der Waals surface area contributed by atoms with Gasteiger partial charge in [-0.15, -0.1) is 11.3 Å². The minimum absolute atomic E-state index is 0.00249. The number of carboxylic acids is 1. The van der Waals surface area contributed by atoms with E-state index in [9.17, 15) is 14.7 Å². The van der Waals surface area contributed by atoms with E-state index < -0.39 is 5.97 Å². The van der Waals surface area contributed by atoms with Crippen molar-refractivity contribution >= 4 is 28.9 Å². The van der Waals surface area contributed by atoms with E-state index in [1.54, 1.807) is 11.1 Å². The van der Waals surface area contributed by atoms with Crippen LogP contribution < -0.4 is 9.75 Å². The maximum absolute atomic E-state index is 14.1. The van der Waals surface area contributed by atoms with Gasteiger partial charge in [-0.05, 0) is 96.3 Å². The Balaban J connectivity index is 1.60. The quantitative estimate of drug-likeness (QED) is 0.291. The lowest BCUT2D eigenvalue weighted by atomic mass is 9.82. The fraction of sp³-hybridized carbons (Fsp3) is 0.562. The van der Waals surface area contributed by atoms with Gasteiger partial charge in [-0.25, -0.2) is 14.8 Å². The van der Waals surface area contributed by atoms with Gasteiger partial charge in [0.1, 0.15) is 10.6 Å². The van der Waals surface area contributed by atoms with Crippen LogP contribution in [0.15, 0.2) is 36.4 Å². The van der Waals surface area contributed by atoms with E-state index in [4.69, 9.17) is 4.74 Å². The lowest BCUT2D eigenvalue weighted by molar-refractivity contribution is -0.127. The first-order valence-corrected chi connectivity index (χ1v) is 15.0. The maximum Gasteiger partial charge on any atom is 0.348 e. The molecule has 2 aliphatic carbocycles. The molecule has 2 aliphatic rings. The normalized spacial score (nSPS) is 23.5. The van der Waals surface area contributed by atoms with Crippen LogP contribution in [0.3, 0.4) is 0 Å². The van der Waals surface area contributed by atoms with E-state index in [1.807, 2.05) is 63.2 Å². The second-order valence-corrected chi connectivity index (χ2v) is 13.2. The molecule has 2 saturated carbocycles. The number of hydrazine groups is 1.